The normalized spacial score (nSPS) is 18.3. The van der Waals surface area contributed by atoms with Crippen LogP contribution >= 0.6 is 0 Å². The molecule has 1 aromatic carbocycles. The fourth-order valence-electron chi connectivity index (χ4n) is 2.96. The molecule has 2 heterocycles. The summed E-state index contributed by atoms with van der Waals surface area (Å²) < 4.78 is 7.12. The summed E-state index contributed by atoms with van der Waals surface area (Å²) in [5.41, 5.74) is 3.19. The number of carbonyl (C=O) groups excluding carboxylic acids is 1. The molecule has 1 atom stereocenters. The number of benzene rings is 1. The van der Waals surface area contributed by atoms with Crippen LogP contribution in [0.25, 0.3) is 5.69 Å². The standard InChI is InChI=1S/C18H25N5O2/c1-13-4-6-16(7-5-13)23-15(3)17(20-21-23)18(24)19-8-9-22-10-11-25-12-14(22)2/h4-7,14H,8-12H2,1-3H3,(H,19,24)/t14-/m0/s1. The lowest BCUT2D eigenvalue weighted by Crippen LogP contribution is -2.46. The molecule has 1 N–H and O–H groups in total. The molecule has 1 fully saturated rings. The minimum Gasteiger partial charge on any atom is -0.379 e. The molecule has 25 heavy (non-hydrogen) atoms. The van der Waals surface area contributed by atoms with Crippen LogP contribution in [-0.2, 0) is 4.74 Å². The Labute approximate surface area is 148 Å². The summed E-state index contributed by atoms with van der Waals surface area (Å²) in [6.45, 7) is 9.82. The zero-order valence-corrected chi connectivity index (χ0v) is 15.0. The smallest absolute Gasteiger partial charge is 0.273 e. The summed E-state index contributed by atoms with van der Waals surface area (Å²) in [6, 6.07) is 8.35. The maximum absolute atomic E-state index is 12.4. The van der Waals surface area contributed by atoms with Gasteiger partial charge >= 0.3 is 0 Å². The Bertz CT molecular complexity index is 726. The van der Waals surface area contributed by atoms with Gasteiger partial charge < -0.3 is 10.1 Å². The van der Waals surface area contributed by atoms with Gasteiger partial charge in [0.2, 0.25) is 0 Å². The number of nitrogens with one attached hydrogen (secondary N) is 1. The lowest BCUT2D eigenvalue weighted by atomic mass is 10.2. The topological polar surface area (TPSA) is 72.3 Å². The summed E-state index contributed by atoms with van der Waals surface area (Å²) in [7, 11) is 0. The van der Waals surface area contributed by atoms with E-state index in [2.05, 4.69) is 27.5 Å². The number of aryl methyl sites for hydroxylation is 1. The highest BCUT2D eigenvalue weighted by Crippen LogP contribution is 2.13. The first-order chi connectivity index (χ1) is 12.1. The number of nitrogens with zero attached hydrogens (tertiary/aromatic N) is 4. The molecule has 7 nitrogen and oxygen atoms in total. The van der Waals surface area contributed by atoms with Gasteiger partial charge in [-0.1, -0.05) is 22.9 Å². The minimum atomic E-state index is -0.184. The van der Waals surface area contributed by atoms with E-state index in [0.717, 1.165) is 37.7 Å². The third-order valence-electron chi connectivity index (χ3n) is 4.58. The molecule has 1 amide bonds. The Balaban J connectivity index is 1.60. The summed E-state index contributed by atoms with van der Waals surface area (Å²) in [5, 5.41) is 11.1. The van der Waals surface area contributed by atoms with Gasteiger partial charge in [-0.15, -0.1) is 5.10 Å². The first kappa shape index (κ1) is 17.6. The molecule has 1 aliphatic heterocycles. The first-order valence-corrected chi connectivity index (χ1v) is 8.65. The van der Waals surface area contributed by atoms with Crippen LogP contribution < -0.4 is 5.32 Å². The average molecular weight is 343 g/mol. The fourth-order valence-corrected chi connectivity index (χ4v) is 2.96. The van der Waals surface area contributed by atoms with Crippen LogP contribution in [0.5, 0.6) is 0 Å². The molecule has 0 unspecified atom stereocenters. The zero-order chi connectivity index (χ0) is 17.8. The largest absolute Gasteiger partial charge is 0.379 e. The van der Waals surface area contributed by atoms with Gasteiger partial charge in [-0.2, -0.15) is 0 Å². The van der Waals surface area contributed by atoms with E-state index in [1.54, 1.807) is 4.68 Å². The zero-order valence-electron chi connectivity index (χ0n) is 15.0. The number of hydrogen-bond donors (Lipinski definition) is 1. The Morgan fingerprint density at radius 1 is 1.32 bits per heavy atom. The number of hydrogen-bond acceptors (Lipinski definition) is 5. The summed E-state index contributed by atoms with van der Waals surface area (Å²) in [4.78, 5) is 14.7. The van der Waals surface area contributed by atoms with Crippen molar-refractivity contribution in [1.29, 1.82) is 0 Å². The molecule has 7 heteroatoms. The van der Waals surface area contributed by atoms with Gasteiger partial charge in [0.15, 0.2) is 5.69 Å². The van der Waals surface area contributed by atoms with Crippen molar-refractivity contribution in [3.63, 3.8) is 0 Å². The monoisotopic (exact) mass is 343 g/mol. The second-order valence-corrected chi connectivity index (χ2v) is 6.49. The Hall–Kier alpha value is -2.25. The van der Waals surface area contributed by atoms with Crippen molar-refractivity contribution in [2.45, 2.75) is 26.8 Å². The van der Waals surface area contributed by atoms with Crippen molar-refractivity contribution < 1.29 is 9.53 Å². The SMILES string of the molecule is Cc1ccc(-n2nnc(C(=O)NCCN3CCOC[C@@H]3C)c2C)cc1. The quantitative estimate of drug-likeness (QED) is 0.887. The Morgan fingerprint density at radius 2 is 2.08 bits per heavy atom. The maximum atomic E-state index is 12.4. The van der Waals surface area contributed by atoms with E-state index in [4.69, 9.17) is 4.74 Å². The van der Waals surface area contributed by atoms with E-state index in [0.29, 0.717) is 18.3 Å². The third-order valence-corrected chi connectivity index (χ3v) is 4.58. The van der Waals surface area contributed by atoms with E-state index in [1.165, 1.54) is 5.56 Å². The number of rotatable bonds is 5. The Morgan fingerprint density at radius 3 is 2.80 bits per heavy atom. The highest BCUT2D eigenvalue weighted by Gasteiger charge is 2.20. The molecule has 2 aromatic rings. The third kappa shape index (κ3) is 4.05. The fraction of sp³-hybridized carbons (Fsp3) is 0.500. The van der Waals surface area contributed by atoms with Gasteiger partial charge in [0.05, 0.1) is 24.6 Å². The molecule has 0 spiro atoms. The van der Waals surface area contributed by atoms with E-state index >= 15 is 0 Å². The van der Waals surface area contributed by atoms with Crippen molar-refractivity contribution in [3.05, 3.63) is 41.2 Å². The van der Waals surface area contributed by atoms with Gasteiger partial charge in [0, 0.05) is 25.7 Å². The molecule has 1 aromatic heterocycles. The van der Waals surface area contributed by atoms with E-state index in [1.807, 2.05) is 38.1 Å². The lowest BCUT2D eigenvalue weighted by molar-refractivity contribution is 0.000534. The molecule has 0 radical (unpaired) electrons. The van der Waals surface area contributed by atoms with Crippen LogP contribution in [0.2, 0.25) is 0 Å². The number of morpholine rings is 1. The number of ether oxygens (including phenoxy) is 1. The van der Waals surface area contributed by atoms with Gasteiger partial charge in [-0.25, -0.2) is 4.68 Å². The van der Waals surface area contributed by atoms with Crippen molar-refractivity contribution in [3.8, 4) is 5.69 Å². The lowest BCUT2D eigenvalue weighted by Gasteiger charge is -2.33. The summed E-state index contributed by atoms with van der Waals surface area (Å²) in [6.07, 6.45) is 0. The van der Waals surface area contributed by atoms with Gasteiger partial charge in [-0.3, -0.25) is 9.69 Å². The van der Waals surface area contributed by atoms with Crippen LogP contribution in [-0.4, -0.2) is 64.7 Å². The molecular formula is C18H25N5O2. The number of aromatic nitrogens is 3. The second kappa shape index (κ2) is 7.76. The predicted molar refractivity (Wildman–Crippen MR) is 95.0 cm³/mol. The molecule has 0 aliphatic carbocycles. The highest BCUT2D eigenvalue weighted by molar-refractivity contribution is 5.93. The first-order valence-electron chi connectivity index (χ1n) is 8.65. The van der Waals surface area contributed by atoms with E-state index in [-0.39, 0.29) is 5.91 Å². The molecular weight excluding hydrogens is 318 g/mol. The van der Waals surface area contributed by atoms with Crippen LogP contribution in [0.15, 0.2) is 24.3 Å². The van der Waals surface area contributed by atoms with Crippen molar-refractivity contribution in [1.82, 2.24) is 25.2 Å². The van der Waals surface area contributed by atoms with E-state index < -0.39 is 0 Å². The van der Waals surface area contributed by atoms with Crippen LogP contribution in [0.1, 0.15) is 28.7 Å². The second-order valence-electron chi connectivity index (χ2n) is 6.49. The molecule has 1 aliphatic rings. The molecule has 3 rings (SSSR count). The average Bonchev–Trinajstić information content (AvgIpc) is 2.99. The van der Waals surface area contributed by atoms with Crippen LogP contribution in [0.3, 0.4) is 0 Å². The number of amides is 1. The highest BCUT2D eigenvalue weighted by atomic mass is 16.5. The van der Waals surface area contributed by atoms with Gasteiger partial charge in [-0.05, 0) is 32.9 Å². The molecule has 0 saturated carbocycles. The molecule has 1 saturated heterocycles. The van der Waals surface area contributed by atoms with Crippen LogP contribution in [0.4, 0.5) is 0 Å². The van der Waals surface area contributed by atoms with Crippen molar-refractivity contribution in [2.24, 2.45) is 0 Å². The molecule has 134 valence electrons. The number of carbonyl (C=O) groups is 1. The van der Waals surface area contributed by atoms with Crippen molar-refractivity contribution >= 4 is 5.91 Å². The predicted octanol–water partition coefficient (Wildman–Crippen LogP) is 1.33. The van der Waals surface area contributed by atoms with Gasteiger partial charge in [0.1, 0.15) is 0 Å². The molecule has 0 bridgehead atoms. The van der Waals surface area contributed by atoms with Crippen LogP contribution in [0, 0.1) is 13.8 Å². The maximum Gasteiger partial charge on any atom is 0.273 e. The Kier molecular flexibility index (Phi) is 5.45. The van der Waals surface area contributed by atoms with E-state index in [9.17, 15) is 4.79 Å². The summed E-state index contributed by atoms with van der Waals surface area (Å²) >= 11 is 0. The summed E-state index contributed by atoms with van der Waals surface area (Å²) in [5.74, 6) is -0.184. The van der Waals surface area contributed by atoms with Crippen molar-refractivity contribution in [2.75, 3.05) is 32.8 Å². The minimum absolute atomic E-state index is 0.184. The van der Waals surface area contributed by atoms with Gasteiger partial charge in [0.25, 0.3) is 5.91 Å².